The molecule has 0 saturated carbocycles. The Bertz CT molecular complexity index is 710. The Morgan fingerprint density at radius 2 is 1.89 bits per heavy atom. The molecule has 0 aromatic carbocycles. The molecule has 0 N–H and O–H groups in total. The summed E-state index contributed by atoms with van der Waals surface area (Å²) in [6, 6.07) is 2.05. The number of alkyl halides is 3. The van der Waals surface area contributed by atoms with E-state index in [1.807, 2.05) is 25.7 Å². The highest BCUT2D eigenvalue weighted by Gasteiger charge is 2.42. The molecule has 0 radical (unpaired) electrons. The summed E-state index contributed by atoms with van der Waals surface area (Å²) in [7, 11) is 0. The Hall–Kier alpha value is -2.03. The molecule has 28 heavy (non-hydrogen) atoms. The first-order valence-corrected chi connectivity index (χ1v) is 9.38. The quantitative estimate of drug-likeness (QED) is 0.718. The fourth-order valence-corrected chi connectivity index (χ4v) is 3.53. The summed E-state index contributed by atoms with van der Waals surface area (Å²) >= 11 is 0. The summed E-state index contributed by atoms with van der Waals surface area (Å²) in [5.41, 5.74) is -1.76. The topological polar surface area (TPSA) is 54.9 Å². The van der Waals surface area contributed by atoms with Crippen LogP contribution in [-0.4, -0.2) is 60.0 Å². The van der Waals surface area contributed by atoms with E-state index in [4.69, 9.17) is 9.47 Å². The number of anilines is 1. The largest absolute Gasteiger partial charge is 0.444 e. The average Bonchev–Trinajstić information content (AvgIpc) is 2.60. The van der Waals surface area contributed by atoms with Gasteiger partial charge in [0.1, 0.15) is 11.4 Å². The van der Waals surface area contributed by atoms with Gasteiger partial charge in [-0.2, -0.15) is 13.2 Å². The van der Waals surface area contributed by atoms with Gasteiger partial charge in [-0.05, 0) is 45.7 Å². The predicted octanol–water partition coefficient (Wildman–Crippen LogP) is 3.71. The molecule has 6 nitrogen and oxygen atoms in total. The van der Waals surface area contributed by atoms with Crippen molar-refractivity contribution in [2.24, 2.45) is 0 Å². The molecule has 1 spiro atoms. The van der Waals surface area contributed by atoms with Crippen molar-refractivity contribution >= 4 is 11.9 Å². The second kappa shape index (κ2) is 7.42. The van der Waals surface area contributed by atoms with Crippen molar-refractivity contribution < 1.29 is 27.4 Å². The van der Waals surface area contributed by atoms with Crippen molar-refractivity contribution in [1.29, 1.82) is 0 Å². The van der Waals surface area contributed by atoms with Gasteiger partial charge >= 0.3 is 12.3 Å². The van der Waals surface area contributed by atoms with Crippen molar-refractivity contribution in [2.75, 3.05) is 37.7 Å². The number of aromatic nitrogens is 1. The van der Waals surface area contributed by atoms with E-state index in [2.05, 4.69) is 4.98 Å². The van der Waals surface area contributed by atoms with E-state index in [-0.39, 0.29) is 6.09 Å². The third kappa shape index (κ3) is 4.87. The van der Waals surface area contributed by atoms with Crippen molar-refractivity contribution in [2.45, 2.75) is 51.0 Å². The fourth-order valence-electron chi connectivity index (χ4n) is 3.53. The van der Waals surface area contributed by atoms with Crippen molar-refractivity contribution in [3.63, 3.8) is 0 Å². The molecule has 1 aromatic heterocycles. The molecule has 1 aromatic rings. The molecular weight excluding hydrogens is 375 g/mol. The second-order valence-electron chi connectivity index (χ2n) is 8.32. The number of ether oxygens (including phenoxy) is 2. The zero-order valence-corrected chi connectivity index (χ0v) is 16.4. The van der Waals surface area contributed by atoms with Crippen LogP contribution in [0, 0.1) is 0 Å². The van der Waals surface area contributed by atoms with Gasteiger partial charge in [0, 0.05) is 32.4 Å². The van der Waals surface area contributed by atoms with E-state index >= 15 is 0 Å². The van der Waals surface area contributed by atoms with Crippen LogP contribution in [0.25, 0.3) is 0 Å². The van der Waals surface area contributed by atoms with Gasteiger partial charge in [-0.15, -0.1) is 0 Å². The van der Waals surface area contributed by atoms with Gasteiger partial charge in [0.25, 0.3) is 0 Å². The van der Waals surface area contributed by atoms with E-state index in [9.17, 15) is 18.0 Å². The first-order valence-electron chi connectivity index (χ1n) is 9.38. The molecule has 2 fully saturated rings. The van der Waals surface area contributed by atoms with Crippen LogP contribution in [0.15, 0.2) is 18.3 Å². The van der Waals surface area contributed by atoms with Crippen molar-refractivity contribution in [1.82, 2.24) is 9.88 Å². The third-order valence-electron chi connectivity index (χ3n) is 4.97. The highest BCUT2D eigenvalue weighted by atomic mass is 19.4. The number of hydrogen-bond donors (Lipinski definition) is 0. The van der Waals surface area contributed by atoms with Gasteiger partial charge in [0.15, 0.2) is 0 Å². The molecule has 2 saturated heterocycles. The molecule has 0 aliphatic carbocycles. The van der Waals surface area contributed by atoms with E-state index in [1.54, 1.807) is 4.90 Å². The number of carbonyl (C=O) groups is 1. The van der Waals surface area contributed by atoms with E-state index < -0.39 is 22.9 Å². The minimum atomic E-state index is -4.40. The Morgan fingerprint density at radius 3 is 2.50 bits per heavy atom. The van der Waals surface area contributed by atoms with Crippen LogP contribution >= 0.6 is 0 Å². The van der Waals surface area contributed by atoms with Gasteiger partial charge in [-0.25, -0.2) is 9.78 Å². The molecule has 2 aliphatic rings. The number of likely N-dealkylation sites (tertiary alicyclic amines) is 1. The fraction of sp³-hybridized carbons (Fsp3) is 0.684. The first-order chi connectivity index (χ1) is 13.0. The van der Waals surface area contributed by atoms with E-state index in [1.165, 1.54) is 6.20 Å². The third-order valence-corrected chi connectivity index (χ3v) is 4.97. The lowest BCUT2D eigenvalue weighted by Crippen LogP contribution is -2.58. The van der Waals surface area contributed by atoms with Crippen molar-refractivity contribution in [3.8, 4) is 0 Å². The maximum atomic E-state index is 13.0. The minimum absolute atomic E-state index is 0.298. The van der Waals surface area contributed by atoms with Crippen molar-refractivity contribution in [3.05, 3.63) is 23.9 Å². The molecule has 156 valence electrons. The molecule has 2 aliphatic heterocycles. The summed E-state index contributed by atoms with van der Waals surface area (Å²) in [4.78, 5) is 19.9. The number of amides is 1. The normalized spacial score (nSPS) is 20.4. The number of pyridine rings is 1. The number of piperidine rings is 1. The lowest BCUT2D eigenvalue weighted by atomic mass is 9.89. The molecule has 0 bridgehead atoms. The SMILES string of the molecule is CC(C)(C)OC(=O)N1CCC2(CC1)CN(c1cc(C(F)(F)F)ccn1)CCO2. The average molecular weight is 401 g/mol. The summed E-state index contributed by atoms with van der Waals surface area (Å²) in [6.45, 7) is 7.76. The van der Waals surface area contributed by atoms with Crippen LogP contribution in [0.1, 0.15) is 39.2 Å². The molecule has 0 unspecified atom stereocenters. The Balaban J connectivity index is 1.65. The Kier molecular flexibility index (Phi) is 5.49. The molecule has 3 rings (SSSR count). The number of halogens is 3. The standard InChI is InChI=1S/C19H26F3N3O3/c1-17(2,3)28-16(26)24-8-5-18(6-9-24)13-25(10-11-27-18)15-12-14(4-7-23-15)19(20,21)22/h4,7,12H,5-6,8-11,13H2,1-3H3. The Morgan fingerprint density at radius 1 is 1.21 bits per heavy atom. The predicted molar refractivity (Wildman–Crippen MR) is 97.2 cm³/mol. The van der Waals surface area contributed by atoms with Gasteiger partial charge < -0.3 is 19.3 Å². The molecular formula is C19H26F3N3O3. The van der Waals surface area contributed by atoms with E-state index in [0.29, 0.717) is 51.4 Å². The van der Waals surface area contributed by atoms with Crippen LogP contribution in [0.4, 0.5) is 23.8 Å². The Labute approximate surface area is 162 Å². The van der Waals surface area contributed by atoms with Gasteiger partial charge in [0.05, 0.1) is 17.8 Å². The number of morpholine rings is 1. The molecule has 0 atom stereocenters. The highest BCUT2D eigenvalue weighted by Crippen LogP contribution is 2.34. The number of carbonyl (C=O) groups excluding carboxylic acids is 1. The highest BCUT2D eigenvalue weighted by molar-refractivity contribution is 5.68. The number of rotatable bonds is 1. The molecule has 9 heteroatoms. The zero-order chi connectivity index (χ0) is 20.6. The van der Waals surface area contributed by atoms with E-state index in [0.717, 1.165) is 12.1 Å². The summed E-state index contributed by atoms with van der Waals surface area (Å²) < 4.78 is 50.4. The first kappa shape index (κ1) is 20.7. The van der Waals surface area contributed by atoms with Crippen LogP contribution in [0.3, 0.4) is 0 Å². The molecule has 3 heterocycles. The maximum Gasteiger partial charge on any atom is 0.416 e. The van der Waals surface area contributed by atoms with Crippen LogP contribution in [0.5, 0.6) is 0 Å². The second-order valence-corrected chi connectivity index (χ2v) is 8.32. The minimum Gasteiger partial charge on any atom is -0.444 e. The number of hydrogen-bond acceptors (Lipinski definition) is 5. The van der Waals surface area contributed by atoms with Gasteiger partial charge in [0.2, 0.25) is 0 Å². The maximum absolute atomic E-state index is 13.0. The molecule has 1 amide bonds. The monoisotopic (exact) mass is 401 g/mol. The zero-order valence-electron chi connectivity index (χ0n) is 16.4. The summed E-state index contributed by atoms with van der Waals surface area (Å²) in [6.07, 6.45) is -2.37. The van der Waals surface area contributed by atoms with Crippen LogP contribution in [0.2, 0.25) is 0 Å². The smallest absolute Gasteiger partial charge is 0.416 e. The summed E-state index contributed by atoms with van der Waals surface area (Å²) in [5, 5.41) is 0. The lowest BCUT2D eigenvalue weighted by Gasteiger charge is -2.47. The van der Waals surface area contributed by atoms with Crippen LogP contribution in [-0.2, 0) is 15.7 Å². The lowest BCUT2D eigenvalue weighted by molar-refractivity contribution is -0.137. The number of nitrogens with zero attached hydrogens (tertiary/aromatic N) is 3. The summed E-state index contributed by atoms with van der Waals surface area (Å²) in [5.74, 6) is 0.298. The van der Waals surface area contributed by atoms with Gasteiger partial charge in [-0.3, -0.25) is 0 Å². The van der Waals surface area contributed by atoms with Crippen LogP contribution < -0.4 is 4.90 Å². The van der Waals surface area contributed by atoms with Gasteiger partial charge in [-0.1, -0.05) is 0 Å².